The average molecular weight is 1510 g/mol. The number of hydrogen-bond acceptors (Lipinski definition) is 15. The van der Waals surface area contributed by atoms with Crippen molar-refractivity contribution in [2.45, 2.75) is 418 Å². The lowest BCUT2D eigenvalue weighted by molar-refractivity contribution is -0.161. The van der Waals surface area contributed by atoms with Gasteiger partial charge >= 0.3 is 39.5 Å². The van der Waals surface area contributed by atoms with Gasteiger partial charge < -0.3 is 33.8 Å². The molecule has 2 unspecified atom stereocenters. The predicted octanol–water partition coefficient (Wildman–Crippen LogP) is 25.0. The van der Waals surface area contributed by atoms with Crippen LogP contribution < -0.4 is 0 Å². The van der Waals surface area contributed by atoms with Crippen LogP contribution in [-0.2, 0) is 65.4 Å². The zero-order chi connectivity index (χ0) is 76.0. The van der Waals surface area contributed by atoms with Gasteiger partial charge in [-0.3, -0.25) is 37.3 Å². The van der Waals surface area contributed by atoms with Crippen LogP contribution >= 0.6 is 15.6 Å². The largest absolute Gasteiger partial charge is 0.472 e. The Labute approximate surface area is 635 Å². The topological polar surface area (TPSA) is 237 Å². The minimum Gasteiger partial charge on any atom is -0.462 e. The fraction of sp³-hybridized carbons (Fsp3) is 0.835. The molecule has 0 fully saturated rings. The molecule has 0 spiro atoms. The van der Waals surface area contributed by atoms with Crippen molar-refractivity contribution in [1.29, 1.82) is 0 Å². The lowest BCUT2D eigenvalue weighted by Crippen LogP contribution is -2.30. The summed E-state index contributed by atoms with van der Waals surface area (Å²) in [5.74, 6) is -2.21. The maximum absolute atomic E-state index is 13.1. The molecule has 19 heteroatoms. The highest BCUT2D eigenvalue weighted by molar-refractivity contribution is 7.47. The molecule has 0 saturated carbocycles. The number of rotatable bonds is 81. The number of ether oxygens (including phenoxy) is 4. The Kier molecular flexibility index (Phi) is 75.5. The zero-order valence-electron chi connectivity index (χ0n) is 66.7. The third-order valence-electron chi connectivity index (χ3n) is 18.5. The first-order valence-corrected chi connectivity index (χ1v) is 45.5. The summed E-state index contributed by atoms with van der Waals surface area (Å²) in [5, 5.41) is 10.7. The molecule has 0 aliphatic heterocycles. The van der Waals surface area contributed by atoms with Gasteiger partial charge in [0.05, 0.1) is 26.4 Å². The lowest BCUT2D eigenvalue weighted by atomic mass is 10.0. The number of hydrogen-bond donors (Lipinski definition) is 3. The molecular formula is C85H156O17P2. The van der Waals surface area contributed by atoms with Crippen molar-refractivity contribution < 1.29 is 80.2 Å². The van der Waals surface area contributed by atoms with Gasteiger partial charge in [-0.25, -0.2) is 9.13 Å². The molecule has 0 aromatic heterocycles. The van der Waals surface area contributed by atoms with E-state index < -0.39 is 97.5 Å². The number of aliphatic hydroxyl groups excluding tert-OH is 1. The summed E-state index contributed by atoms with van der Waals surface area (Å²) < 4.78 is 68.7. The van der Waals surface area contributed by atoms with Gasteiger partial charge in [-0.15, -0.1) is 0 Å². The third-order valence-corrected chi connectivity index (χ3v) is 20.4. The number of carbonyl (C=O) groups excluding carboxylic acids is 4. The molecule has 0 aromatic rings. The SMILES string of the molecule is CCCCC/C=C\C/C=C\C/C=C\C/C=C\CCCC(=O)OC[C@H](COP(=O)(O)OC[C@H](O)COP(=O)(O)OC[C@@H](COC(=O)CCCCCCCCCCCCCCCCC)OC(=O)CCCCCCCCCCCCCCCCCCC)OC(=O)CCCCCCC/C=C\CCCCCCCC. The maximum atomic E-state index is 13.1. The summed E-state index contributed by atoms with van der Waals surface area (Å²) in [6.45, 7) is 4.88. The summed E-state index contributed by atoms with van der Waals surface area (Å²) in [4.78, 5) is 73.1. The molecule has 0 aliphatic carbocycles. The summed E-state index contributed by atoms with van der Waals surface area (Å²) in [5.41, 5.74) is 0. The number of aliphatic hydroxyl groups is 1. The van der Waals surface area contributed by atoms with E-state index in [1.54, 1.807) is 0 Å². The predicted molar refractivity (Wildman–Crippen MR) is 427 cm³/mol. The molecule has 104 heavy (non-hydrogen) atoms. The maximum Gasteiger partial charge on any atom is 0.472 e. The number of phosphoric ester groups is 2. The van der Waals surface area contributed by atoms with Crippen LogP contribution in [-0.4, -0.2) is 96.7 Å². The third kappa shape index (κ3) is 76.9. The van der Waals surface area contributed by atoms with Crippen molar-refractivity contribution in [3.05, 3.63) is 60.8 Å². The van der Waals surface area contributed by atoms with E-state index in [1.165, 1.54) is 205 Å². The number of unbranched alkanes of at least 4 members (excludes halogenated alkanes) is 45. The molecule has 5 atom stereocenters. The zero-order valence-corrected chi connectivity index (χ0v) is 68.5. The van der Waals surface area contributed by atoms with E-state index in [2.05, 4.69) is 76.3 Å². The van der Waals surface area contributed by atoms with E-state index in [4.69, 9.17) is 37.0 Å². The van der Waals surface area contributed by atoms with Crippen molar-refractivity contribution in [1.82, 2.24) is 0 Å². The van der Waals surface area contributed by atoms with E-state index in [1.807, 2.05) is 12.2 Å². The quantitative estimate of drug-likeness (QED) is 0.0169. The second-order valence-corrected chi connectivity index (χ2v) is 31.7. The molecule has 0 rings (SSSR count). The summed E-state index contributed by atoms with van der Waals surface area (Å²) in [6.07, 6.45) is 79.0. The first kappa shape index (κ1) is 101. The Balaban J connectivity index is 5.37. The number of phosphoric acid groups is 2. The van der Waals surface area contributed by atoms with E-state index in [-0.39, 0.29) is 25.7 Å². The van der Waals surface area contributed by atoms with Crippen LogP contribution in [0.25, 0.3) is 0 Å². The van der Waals surface area contributed by atoms with Gasteiger partial charge in [0.15, 0.2) is 12.2 Å². The van der Waals surface area contributed by atoms with E-state index in [0.29, 0.717) is 32.1 Å². The van der Waals surface area contributed by atoms with Crippen molar-refractivity contribution in [2.75, 3.05) is 39.6 Å². The standard InChI is InChI=1S/C85H156O17P2/c1-5-9-13-17-21-25-29-33-37-39-43-46-50-54-58-62-66-70-83(88)96-76-80(101-84(89)71-67-63-59-55-51-47-42-36-32-28-24-20-16-12-8-4)77-99-103(91,92)97-73-79(86)74-98-104(93,94)100-78-81(75-95-82(87)69-65-61-57-53-49-45-41-35-31-27-23-19-15-11-7-3)102-85(90)72-68-64-60-56-52-48-44-40-38-34-30-26-22-18-14-10-6-2/h21,25,33,36-37,42-43,46,54,58,79-81,86H,5-20,22-24,26-32,34-35,38-41,44-45,47-53,55-57,59-78H2,1-4H3,(H,91,92)(H,93,94)/b25-21-,37-33-,42-36-,46-43-,58-54-/t79-,80+,81+/m0/s1. The molecule has 0 heterocycles. The Bertz CT molecular complexity index is 2200. The monoisotopic (exact) mass is 1510 g/mol. The van der Waals surface area contributed by atoms with Crippen molar-refractivity contribution in [3.63, 3.8) is 0 Å². The second-order valence-electron chi connectivity index (χ2n) is 28.8. The highest BCUT2D eigenvalue weighted by Crippen LogP contribution is 2.45. The van der Waals surface area contributed by atoms with Gasteiger partial charge in [-0.05, 0) is 89.9 Å². The molecule has 3 N–H and O–H groups in total. The Morgan fingerprint density at radius 1 is 0.269 bits per heavy atom. The highest BCUT2D eigenvalue weighted by Gasteiger charge is 2.30. The fourth-order valence-corrected chi connectivity index (χ4v) is 13.6. The molecule has 0 radical (unpaired) electrons. The van der Waals surface area contributed by atoms with Crippen LogP contribution in [0.4, 0.5) is 0 Å². The summed E-state index contributed by atoms with van der Waals surface area (Å²) in [6, 6.07) is 0. The lowest BCUT2D eigenvalue weighted by Gasteiger charge is -2.21. The highest BCUT2D eigenvalue weighted by atomic mass is 31.2. The molecule has 0 aromatic carbocycles. The van der Waals surface area contributed by atoms with Crippen LogP contribution in [0.2, 0.25) is 0 Å². The molecule has 608 valence electrons. The van der Waals surface area contributed by atoms with Crippen LogP contribution in [0.3, 0.4) is 0 Å². The number of esters is 4. The molecule has 0 amide bonds. The van der Waals surface area contributed by atoms with E-state index in [0.717, 1.165) is 109 Å². The normalized spacial score (nSPS) is 14.1. The molecule has 17 nitrogen and oxygen atoms in total. The minimum absolute atomic E-state index is 0.0775. The van der Waals surface area contributed by atoms with Gasteiger partial charge in [-0.1, -0.05) is 345 Å². The van der Waals surface area contributed by atoms with Crippen molar-refractivity contribution >= 4 is 39.5 Å². The van der Waals surface area contributed by atoms with Gasteiger partial charge in [0.1, 0.15) is 19.3 Å². The van der Waals surface area contributed by atoms with Gasteiger partial charge in [0.2, 0.25) is 0 Å². The van der Waals surface area contributed by atoms with Gasteiger partial charge in [0.25, 0.3) is 0 Å². The van der Waals surface area contributed by atoms with Crippen LogP contribution in [0.15, 0.2) is 60.8 Å². The number of carbonyl (C=O) groups is 4. The Morgan fingerprint density at radius 3 is 0.788 bits per heavy atom. The smallest absolute Gasteiger partial charge is 0.462 e. The summed E-state index contributed by atoms with van der Waals surface area (Å²) in [7, 11) is -9.96. The van der Waals surface area contributed by atoms with Gasteiger partial charge in [0, 0.05) is 25.7 Å². The Morgan fingerprint density at radius 2 is 0.481 bits per heavy atom. The van der Waals surface area contributed by atoms with Gasteiger partial charge in [-0.2, -0.15) is 0 Å². The Hall–Kier alpha value is -3.24. The van der Waals surface area contributed by atoms with Crippen LogP contribution in [0.1, 0.15) is 400 Å². The fourth-order valence-electron chi connectivity index (χ4n) is 12.0. The first-order valence-electron chi connectivity index (χ1n) is 42.5. The van der Waals surface area contributed by atoms with Crippen LogP contribution in [0, 0.1) is 0 Å². The molecular weight excluding hydrogens is 1350 g/mol. The van der Waals surface area contributed by atoms with Crippen molar-refractivity contribution in [3.8, 4) is 0 Å². The average Bonchev–Trinajstić information content (AvgIpc) is 0.909. The molecule has 0 bridgehead atoms. The number of allylic oxidation sites excluding steroid dienone is 10. The minimum atomic E-state index is -4.99. The molecule has 0 aliphatic rings. The summed E-state index contributed by atoms with van der Waals surface area (Å²) >= 11 is 0. The molecule has 0 saturated heterocycles. The van der Waals surface area contributed by atoms with Crippen molar-refractivity contribution in [2.24, 2.45) is 0 Å². The second kappa shape index (κ2) is 77.9. The van der Waals surface area contributed by atoms with E-state index in [9.17, 15) is 43.2 Å². The first-order chi connectivity index (χ1) is 50.7. The van der Waals surface area contributed by atoms with E-state index >= 15 is 0 Å². The van der Waals surface area contributed by atoms with Crippen LogP contribution in [0.5, 0.6) is 0 Å².